The summed E-state index contributed by atoms with van der Waals surface area (Å²) in [5.74, 6) is 0.952. The van der Waals surface area contributed by atoms with Gasteiger partial charge in [-0.3, -0.25) is 4.79 Å². The van der Waals surface area contributed by atoms with Crippen LogP contribution >= 0.6 is 0 Å². The average molecular weight is 358 g/mol. The molecule has 0 saturated heterocycles. The minimum atomic E-state index is -0.737. The standard InChI is InChI=1S/C22H30O4/c1-4-26-20-11-13-22(17(2)3,21(24)14-20)12-10-19(23)16-25-15-18-8-6-5-7-9-18/h5-10,12,14,17,19,23H,4,11,13,15-16H2,1-3H3/b12-10+/t19-,22+/m1/s1. The van der Waals surface area contributed by atoms with Gasteiger partial charge in [0.05, 0.1) is 37.1 Å². The SMILES string of the molecule is CCOC1=CC(=O)[C@](/C=C/[C@@H](O)COCc2ccccc2)(C(C)C)CC1. The van der Waals surface area contributed by atoms with Crippen LogP contribution in [-0.4, -0.2) is 30.2 Å². The molecule has 26 heavy (non-hydrogen) atoms. The first kappa shape index (κ1) is 20.4. The molecule has 1 aliphatic carbocycles. The van der Waals surface area contributed by atoms with Crippen LogP contribution in [0, 0.1) is 11.3 Å². The Morgan fingerprint density at radius 1 is 1.27 bits per heavy atom. The van der Waals surface area contributed by atoms with Crippen molar-refractivity contribution < 1.29 is 19.4 Å². The minimum absolute atomic E-state index is 0.0517. The van der Waals surface area contributed by atoms with E-state index < -0.39 is 11.5 Å². The summed E-state index contributed by atoms with van der Waals surface area (Å²) in [4.78, 5) is 12.7. The van der Waals surface area contributed by atoms with Gasteiger partial charge in [-0.1, -0.05) is 56.3 Å². The van der Waals surface area contributed by atoms with E-state index in [1.807, 2.05) is 57.2 Å². The molecule has 0 bridgehead atoms. The number of aliphatic hydroxyl groups excluding tert-OH is 1. The predicted octanol–water partition coefficient (Wildman–Crippen LogP) is 4.05. The molecule has 1 aromatic carbocycles. The van der Waals surface area contributed by atoms with Crippen molar-refractivity contribution in [3.8, 4) is 0 Å². The fourth-order valence-corrected chi connectivity index (χ4v) is 3.25. The molecule has 1 N–H and O–H groups in total. The lowest BCUT2D eigenvalue weighted by Crippen LogP contribution is -2.36. The highest BCUT2D eigenvalue weighted by molar-refractivity contribution is 5.97. The Kier molecular flexibility index (Phi) is 7.61. The molecule has 0 fully saturated rings. The predicted molar refractivity (Wildman–Crippen MR) is 102 cm³/mol. The summed E-state index contributed by atoms with van der Waals surface area (Å²) in [6.07, 6.45) is 5.89. The molecule has 2 rings (SSSR count). The Morgan fingerprint density at radius 3 is 2.62 bits per heavy atom. The number of benzene rings is 1. The molecule has 0 saturated carbocycles. The molecule has 2 atom stereocenters. The average Bonchev–Trinajstić information content (AvgIpc) is 2.62. The van der Waals surface area contributed by atoms with Gasteiger partial charge in [-0.25, -0.2) is 0 Å². The largest absolute Gasteiger partial charge is 0.498 e. The Hall–Kier alpha value is -1.91. The van der Waals surface area contributed by atoms with Crippen molar-refractivity contribution in [2.75, 3.05) is 13.2 Å². The number of carbonyl (C=O) groups excluding carboxylic acids is 1. The summed E-state index contributed by atoms with van der Waals surface area (Å²) in [5.41, 5.74) is 0.486. The lowest BCUT2D eigenvalue weighted by Gasteiger charge is -2.36. The Bertz CT molecular complexity index is 633. The Morgan fingerprint density at radius 2 is 2.00 bits per heavy atom. The number of rotatable bonds is 9. The van der Waals surface area contributed by atoms with E-state index in [0.717, 1.165) is 17.7 Å². The van der Waals surface area contributed by atoms with Gasteiger partial charge in [0.15, 0.2) is 5.78 Å². The van der Waals surface area contributed by atoms with Crippen LogP contribution < -0.4 is 0 Å². The van der Waals surface area contributed by atoms with Crippen molar-refractivity contribution in [3.63, 3.8) is 0 Å². The molecule has 1 aliphatic rings. The fraction of sp³-hybridized carbons (Fsp3) is 0.500. The van der Waals surface area contributed by atoms with Crippen molar-refractivity contribution in [1.29, 1.82) is 0 Å². The second-order valence-electron chi connectivity index (χ2n) is 7.03. The Labute approximate surface area is 156 Å². The van der Waals surface area contributed by atoms with E-state index in [9.17, 15) is 9.90 Å². The van der Waals surface area contributed by atoms with Crippen LogP contribution in [0.5, 0.6) is 0 Å². The highest BCUT2D eigenvalue weighted by atomic mass is 16.5. The topological polar surface area (TPSA) is 55.8 Å². The highest BCUT2D eigenvalue weighted by Gasteiger charge is 2.40. The van der Waals surface area contributed by atoms with Crippen molar-refractivity contribution in [2.24, 2.45) is 11.3 Å². The van der Waals surface area contributed by atoms with Crippen molar-refractivity contribution in [2.45, 2.75) is 46.3 Å². The zero-order valence-corrected chi connectivity index (χ0v) is 16.0. The fourth-order valence-electron chi connectivity index (χ4n) is 3.25. The van der Waals surface area contributed by atoms with Gasteiger partial charge in [0.1, 0.15) is 0 Å². The third-order valence-electron chi connectivity index (χ3n) is 4.91. The molecule has 0 aliphatic heterocycles. The maximum absolute atomic E-state index is 12.7. The molecule has 1 aromatic rings. The second kappa shape index (κ2) is 9.70. The van der Waals surface area contributed by atoms with E-state index in [1.54, 1.807) is 12.2 Å². The summed E-state index contributed by atoms with van der Waals surface area (Å²) in [6, 6.07) is 9.84. The summed E-state index contributed by atoms with van der Waals surface area (Å²) in [7, 11) is 0. The summed E-state index contributed by atoms with van der Waals surface area (Å²) in [6.45, 7) is 7.23. The number of carbonyl (C=O) groups is 1. The lowest BCUT2D eigenvalue weighted by molar-refractivity contribution is -0.124. The van der Waals surface area contributed by atoms with Crippen molar-refractivity contribution in [1.82, 2.24) is 0 Å². The van der Waals surface area contributed by atoms with Crippen LogP contribution in [-0.2, 0) is 20.9 Å². The van der Waals surface area contributed by atoms with Crippen molar-refractivity contribution in [3.05, 3.63) is 59.9 Å². The quantitative estimate of drug-likeness (QED) is 0.677. The molecule has 0 radical (unpaired) electrons. The molecule has 0 spiro atoms. The number of ether oxygens (including phenoxy) is 2. The van der Waals surface area contributed by atoms with E-state index in [0.29, 0.717) is 19.6 Å². The summed E-state index contributed by atoms with van der Waals surface area (Å²) < 4.78 is 11.1. The van der Waals surface area contributed by atoms with E-state index in [4.69, 9.17) is 9.47 Å². The first-order chi connectivity index (χ1) is 12.5. The van der Waals surface area contributed by atoms with Crippen molar-refractivity contribution >= 4 is 5.78 Å². The zero-order valence-electron chi connectivity index (χ0n) is 16.0. The van der Waals surface area contributed by atoms with Gasteiger partial charge in [0, 0.05) is 12.5 Å². The molecule has 0 amide bonds. The van der Waals surface area contributed by atoms with Crippen LogP contribution in [0.2, 0.25) is 0 Å². The van der Waals surface area contributed by atoms with E-state index in [2.05, 4.69) is 0 Å². The minimum Gasteiger partial charge on any atom is -0.498 e. The summed E-state index contributed by atoms with van der Waals surface area (Å²) in [5, 5.41) is 10.2. The number of hydrogen-bond donors (Lipinski definition) is 1. The van der Waals surface area contributed by atoms with Crippen LogP contribution in [0.4, 0.5) is 0 Å². The molecule has 142 valence electrons. The second-order valence-corrected chi connectivity index (χ2v) is 7.03. The molecular weight excluding hydrogens is 328 g/mol. The maximum atomic E-state index is 12.7. The normalized spacial score (nSPS) is 21.9. The van der Waals surface area contributed by atoms with Gasteiger partial charge >= 0.3 is 0 Å². The van der Waals surface area contributed by atoms with E-state index in [-0.39, 0.29) is 18.3 Å². The third kappa shape index (κ3) is 5.29. The number of allylic oxidation sites excluding steroid dienone is 3. The van der Waals surface area contributed by atoms with Gasteiger partial charge in [-0.15, -0.1) is 0 Å². The van der Waals surface area contributed by atoms with Gasteiger partial charge in [-0.05, 0) is 24.8 Å². The first-order valence-corrected chi connectivity index (χ1v) is 9.35. The first-order valence-electron chi connectivity index (χ1n) is 9.35. The van der Waals surface area contributed by atoms with Gasteiger partial charge in [0.25, 0.3) is 0 Å². The van der Waals surface area contributed by atoms with Gasteiger partial charge in [0.2, 0.25) is 0 Å². The summed E-state index contributed by atoms with van der Waals surface area (Å²) >= 11 is 0. The number of ketones is 1. The van der Waals surface area contributed by atoms with Crippen LogP contribution in [0.3, 0.4) is 0 Å². The maximum Gasteiger partial charge on any atom is 0.169 e. The Balaban J connectivity index is 1.95. The molecule has 0 unspecified atom stereocenters. The van der Waals surface area contributed by atoms with E-state index >= 15 is 0 Å². The number of hydrogen-bond acceptors (Lipinski definition) is 4. The highest BCUT2D eigenvalue weighted by Crippen LogP contribution is 2.41. The van der Waals surface area contributed by atoms with E-state index in [1.165, 1.54) is 0 Å². The van der Waals surface area contributed by atoms with Crippen LogP contribution in [0.1, 0.15) is 39.2 Å². The zero-order chi connectivity index (χ0) is 19.0. The monoisotopic (exact) mass is 358 g/mol. The van der Waals surface area contributed by atoms with Crippen LogP contribution in [0.15, 0.2) is 54.3 Å². The molecule has 0 aromatic heterocycles. The molecule has 4 nitrogen and oxygen atoms in total. The number of aliphatic hydroxyl groups is 1. The lowest BCUT2D eigenvalue weighted by atomic mass is 9.67. The smallest absolute Gasteiger partial charge is 0.169 e. The molecular formula is C22H30O4. The van der Waals surface area contributed by atoms with Gasteiger partial charge in [-0.2, -0.15) is 0 Å². The molecule has 0 heterocycles. The van der Waals surface area contributed by atoms with Crippen LogP contribution in [0.25, 0.3) is 0 Å². The third-order valence-corrected chi connectivity index (χ3v) is 4.91. The van der Waals surface area contributed by atoms with Gasteiger partial charge < -0.3 is 14.6 Å². The molecule has 4 heteroatoms.